The summed E-state index contributed by atoms with van der Waals surface area (Å²) in [5.41, 5.74) is 8.22. The molecule has 0 radical (unpaired) electrons. The van der Waals surface area contributed by atoms with Crippen molar-refractivity contribution >= 4 is 17.5 Å². The van der Waals surface area contributed by atoms with Gasteiger partial charge in [0.05, 0.1) is 11.4 Å². The molecule has 2 aromatic rings. The molecule has 0 saturated heterocycles. The topological polar surface area (TPSA) is 85.8 Å². The van der Waals surface area contributed by atoms with E-state index < -0.39 is 0 Å². The summed E-state index contributed by atoms with van der Waals surface area (Å²) < 4.78 is 1.71. The third-order valence-corrected chi connectivity index (χ3v) is 6.28. The van der Waals surface area contributed by atoms with Gasteiger partial charge in [-0.1, -0.05) is 36.2 Å². The first-order valence-electron chi connectivity index (χ1n) is 9.83. The number of carbonyl (C=O) groups excluding carboxylic acids is 1. The van der Waals surface area contributed by atoms with Gasteiger partial charge < -0.3 is 11.1 Å². The van der Waals surface area contributed by atoms with Gasteiger partial charge in [0.15, 0.2) is 5.69 Å². The molecule has 2 fully saturated rings. The van der Waals surface area contributed by atoms with Gasteiger partial charge in [0, 0.05) is 17.1 Å². The van der Waals surface area contributed by atoms with Gasteiger partial charge in [0.25, 0.3) is 5.91 Å². The van der Waals surface area contributed by atoms with Crippen molar-refractivity contribution in [2.24, 2.45) is 17.6 Å². The third kappa shape index (κ3) is 3.60. The molecule has 2 bridgehead atoms. The molecule has 144 valence electrons. The first-order chi connectivity index (χ1) is 13.1. The lowest BCUT2D eigenvalue weighted by Crippen LogP contribution is -2.53. The molecule has 2 unspecified atom stereocenters. The fourth-order valence-corrected chi connectivity index (χ4v) is 5.04. The number of rotatable bonds is 4. The Hall–Kier alpha value is -1.92. The van der Waals surface area contributed by atoms with Crippen LogP contribution in [-0.2, 0) is 6.42 Å². The van der Waals surface area contributed by atoms with Crippen molar-refractivity contribution in [1.29, 1.82) is 0 Å². The van der Waals surface area contributed by atoms with E-state index >= 15 is 0 Å². The van der Waals surface area contributed by atoms with Gasteiger partial charge in [-0.05, 0) is 62.1 Å². The van der Waals surface area contributed by atoms with Gasteiger partial charge in [-0.2, -0.15) is 0 Å². The highest BCUT2D eigenvalue weighted by Gasteiger charge is 2.40. The van der Waals surface area contributed by atoms with Crippen LogP contribution >= 0.6 is 11.6 Å². The number of nitrogens with two attached hydrogens (primary N) is 1. The normalized spacial score (nSPS) is 27.4. The number of nitrogens with zero attached hydrogens (tertiary/aromatic N) is 3. The molecule has 2 aliphatic rings. The Bertz CT molecular complexity index is 822. The molecule has 2 atom stereocenters. The zero-order valence-corrected chi connectivity index (χ0v) is 16.3. The Kier molecular flexibility index (Phi) is 5.19. The molecule has 1 aromatic heterocycles. The quantitative estimate of drug-likeness (QED) is 0.843. The first kappa shape index (κ1) is 18.4. The number of aromatic nitrogens is 3. The standard InChI is InChI=1S/C20H26ClN5O/c1-2-17-19(24-25-26(17)16-8-4-7-14(21)11-16)20(27)23-18-12-5-3-6-13(18)10-15(22)9-12/h4,7-8,11-13,15,18H,2-3,5-6,9-10,22H2,1H3,(H,23,27). The molecular weight excluding hydrogens is 362 g/mol. The summed E-state index contributed by atoms with van der Waals surface area (Å²) >= 11 is 6.10. The van der Waals surface area contributed by atoms with Crippen LogP contribution in [0.1, 0.15) is 55.2 Å². The molecule has 1 heterocycles. The van der Waals surface area contributed by atoms with E-state index in [1.54, 1.807) is 4.68 Å². The van der Waals surface area contributed by atoms with Gasteiger partial charge in [0.1, 0.15) is 0 Å². The van der Waals surface area contributed by atoms with Crippen LogP contribution in [-0.4, -0.2) is 33.0 Å². The fraction of sp³-hybridized carbons (Fsp3) is 0.550. The summed E-state index contributed by atoms with van der Waals surface area (Å²) in [7, 11) is 0. The van der Waals surface area contributed by atoms with E-state index in [9.17, 15) is 4.79 Å². The predicted octanol–water partition coefficient (Wildman–Crippen LogP) is 3.12. The molecule has 4 rings (SSSR count). The van der Waals surface area contributed by atoms with Crippen molar-refractivity contribution in [1.82, 2.24) is 20.3 Å². The summed E-state index contributed by atoms with van der Waals surface area (Å²) in [5.74, 6) is 0.825. The fourth-order valence-electron chi connectivity index (χ4n) is 4.86. The van der Waals surface area contributed by atoms with Crippen LogP contribution in [0.3, 0.4) is 0 Å². The Balaban J connectivity index is 1.57. The highest BCUT2D eigenvalue weighted by Crippen LogP contribution is 2.39. The van der Waals surface area contributed by atoms with Crippen molar-refractivity contribution in [3.63, 3.8) is 0 Å². The number of benzene rings is 1. The second-order valence-corrected chi connectivity index (χ2v) is 8.25. The van der Waals surface area contributed by atoms with E-state index in [4.69, 9.17) is 17.3 Å². The lowest BCUT2D eigenvalue weighted by molar-refractivity contribution is 0.0750. The highest BCUT2D eigenvalue weighted by atomic mass is 35.5. The molecule has 3 N–H and O–H groups in total. The third-order valence-electron chi connectivity index (χ3n) is 6.04. The minimum Gasteiger partial charge on any atom is -0.347 e. The molecule has 2 saturated carbocycles. The van der Waals surface area contributed by atoms with Crippen molar-refractivity contribution < 1.29 is 4.79 Å². The Morgan fingerprint density at radius 3 is 2.74 bits per heavy atom. The van der Waals surface area contributed by atoms with Crippen LogP contribution in [0.25, 0.3) is 5.69 Å². The zero-order chi connectivity index (χ0) is 19.0. The van der Waals surface area contributed by atoms with Crippen LogP contribution in [0, 0.1) is 11.8 Å². The van der Waals surface area contributed by atoms with Crippen molar-refractivity contribution in [3.8, 4) is 5.69 Å². The summed E-state index contributed by atoms with van der Waals surface area (Å²) in [4.78, 5) is 13.0. The molecule has 0 aliphatic heterocycles. The van der Waals surface area contributed by atoms with Crippen LogP contribution in [0.5, 0.6) is 0 Å². The molecule has 2 aliphatic carbocycles. The smallest absolute Gasteiger partial charge is 0.274 e. The average molecular weight is 388 g/mol. The Labute approximate surface area is 164 Å². The van der Waals surface area contributed by atoms with Gasteiger partial charge in [-0.15, -0.1) is 5.10 Å². The zero-order valence-electron chi connectivity index (χ0n) is 15.6. The maximum absolute atomic E-state index is 13.0. The maximum Gasteiger partial charge on any atom is 0.274 e. The van der Waals surface area contributed by atoms with Gasteiger partial charge in [0.2, 0.25) is 0 Å². The molecule has 6 nitrogen and oxygen atoms in total. The molecule has 0 spiro atoms. The second kappa shape index (κ2) is 7.60. The SMILES string of the molecule is CCc1c(C(=O)NC2C3CCCC2CC(N)C3)nnn1-c1cccc(Cl)c1. The van der Waals surface area contributed by atoms with E-state index in [1.165, 1.54) is 6.42 Å². The molecule has 7 heteroatoms. The lowest BCUT2D eigenvalue weighted by atomic mass is 9.67. The van der Waals surface area contributed by atoms with E-state index in [0.717, 1.165) is 37.1 Å². The minimum atomic E-state index is -0.127. The van der Waals surface area contributed by atoms with Gasteiger partial charge in [-0.3, -0.25) is 4.79 Å². The number of halogens is 1. The summed E-state index contributed by atoms with van der Waals surface area (Å²) in [6.45, 7) is 2.00. The van der Waals surface area contributed by atoms with E-state index in [-0.39, 0.29) is 18.0 Å². The molecular formula is C20H26ClN5O. The van der Waals surface area contributed by atoms with Crippen molar-refractivity contribution in [2.75, 3.05) is 0 Å². The number of amides is 1. The number of nitrogens with one attached hydrogen (secondary N) is 1. The Morgan fingerprint density at radius 2 is 2.07 bits per heavy atom. The van der Waals surface area contributed by atoms with E-state index in [0.29, 0.717) is 29.0 Å². The molecule has 1 amide bonds. The minimum absolute atomic E-state index is 0.127. The van der Waals surface area contributed by atoms with E-state index in [1.807, 2.05) is 31.2 Å². The van der Waals surface area contributed by atoms with E-state index in [2.05, 4.69) is 15.6 Å². The van der Waals surface area contributed by atoms with Gasteiger partial charge >= 0.3 is 0 Å². The number of hydrogen-bond donors (Lipinski definition) is 2. The largest absolute Gasteiger partial charge is 0.347 e. The summed E-state index contributed by atoms with van der Waals surface area (Å²) in [5, 5.41) is 12.3. The molecule has 27 heavy (non-hydrogen) atoms. The van der Waals surface area contributed by atoms with Crippen LogP contribution in [0.2, 0.25) is 5.02 Å². The summed E-state index contributed by atoms with van der Waals surface area (Å²) in [6.07, 6.45) is 6.18. The number of carbonyl (C=O) groups is 1. The Morgan fingerprint density at radius 1 is 1.33 bits per heavy atom. The lowest BCUT2D eigenvalue weighted by Gasteiger charge is -2.45. The van der Waals surface area contributed by atoms with Crippen LogP contribution < -0.4 is 11.1 Å². The van der Waals surface area contributed by atoms with Gasteiger partial charge in [-0.25, -0.2) is 4.68 Å². The van der Waals surface area contributed by atoms with Crippen molar-refractivity contribution in [3.05, 3.63) is 40.7 Å². The first-order valence-corrected chi connectivity index (χ1v) is 10.2. The number of hydrogen-bond acceptors (Lipinski definition) is 4. The van der Waals surface area contributed by atoms with Crippen LogP contribution in [0.4, 0.5) is 0 Å². The average Bonchev–Trinajstić information content (AvgIpc) is 3.06. The monoisotopic (exact) mass is 387 g/mol. The van der Waals surface area contributed by atoms with Crippen LogP contribution in [0.15, 0.2) is 24.3 Å². The number of fused-ring (bicyclic) bond motifs is 2. The highest BCUT2D eigenvalue weighted by molar-refractivity contribution is 6.30. The second-order valence-electron chi connectivity index (χ2n) is 7.81. The summed E-state index contributed by atoms with van der Waals surface area (Å²) in [6, 6.07) is 7.88. The van der Waals surface area contributed by atoms with Crippen molar-refractivity contribution in [2.45, 2.75) is 57.5 Å². The molecule has 1 aromatic carbocycles. The maximum atomic E-state index is 13.0. The predicted molar refractivity (Wildman–Crippen MR) is 105 cm³/mol.